The molecule has 1 spiro atoms. The number of likely N-dealkylation sites (tertiary alicyclic amines) is 1. The third-order valence-corrected chi connectivity index (χ3v) is 6.26. The number of ketones is 1. The summed E-state index contributed by atoms with van der Waals surface area (Å²) in [4.78, 5) is 14.9. The van der Waals surface area contributed by atoms with Gasteiger partial charge in [0.15, 0.2) is 5.78 Å². The number of carbonyl (C=O) groups excluding carboxylic acids is 1. The molecule has 2 aromatic rings. The number of alkyl halides is 1. The van der Waals surface area contributed by atoms with E-state index in [1.54, 1.807) is 6.07 Å². The first-order valence-corrected chi connectivity index (χ1v) is 10.3. The highest BCUT2D eigenvalue weighted by atomic mass is 79.9. The quantitative estimate of drug-likeness (QED) is 0.697. The van der Waals surface area contributed by atoms with Gasteiger partial charge in [0.1, 0.15) is 11.6 Å². The summed E-state index contributed by atoms with van der Waals surface area (Å²) < 4.78 is 27.1. The van der Waals surface area contributed by atoms with Gasteiger partial charge < -0.3 is 5.32 Å². The van der Waals surface area contributed by atoms with Crippen LogP contribution < -0.4 is 5.32 Å². The highest BCUT2D eigenvalue weighted by Crippen LogP contribution is 2.38. The van der Waals surface area contributed by atoms with E-state index in [9.17, 15) is 13.6 Å². The van der Waals surface area contributed by atoms with Crippen LogP contribution >= 0.6 is 15.9 Å². The summed E-state index contributed by atoms with van der Waals surface area (Å²) in [5, 5.41) is 4.01. The second kappa shape index (κ2) is 7.32. The number of hydrogen-bond donors (Lipinski definition) is 1. The van der Waals surface area contributed by atoms with Gasteiger partial charge in [0.2, 0.25) is 0 Å². The van der Waals surface area contributed by atoms with Crippen LogP contribution in [0, 0.1) is 11.6 Å². The molecule has 3 nitrogen and oxygen atoms in total. The smallest absolute Gasteiger partial charge is 0.167 e. The number of carbonyl (C=O) groups is 1. The molecule has 2 aliphatic heterocycles. The highest BCUT2D eigenvalue weighted by molar-refractivity contribution is 9.08. The zero-order chi connectivity index (χ0) is 19.0. The zero-order valence-corrected chi connectivity index (χ0v) is 16.5. The van der Waals surface area contributed by atoms with Gasteiger partial charge in [-0.3, -0.25) is 9.69 Å². The van der Waals surface area contributed by atoms with Crippen molar-refractivity contribution in [3.05, 3.63) is 64.7 Å². The minimum atomic E-state index is -0.378. The molecule has 0 saturated carbocycles. The Morgan fingerprint density at radius 3 is 2.63 bits per heavy atom. The van der Waals surface area contributed by atoms with Crippen LogP contribution in [-0.2, 0) is 11.9 Å². The molecule has 27 heavy (non-hydrogen) atoms. The first kappa shape index (κ1) is 18.6. The maximum absolute atomic E-state index is 13.7. The van der Waals surface area contributed by atoms with E-state index in [0.717, 1.165) is 43.7 Å². The number of piperidine rings is 1. The number of nitrogens with zero attached hydrogens (tertiary/aromatic N) is 1. The van der Waals surface area contributed by atoms with Crippen LogP contribution in [-0.4, -0.2) is 29.3 Å². The zero-order valence-electron chi connectivity index (χ0n) is 14.9. The van der Waals surface area contributed by atoms with Gasteiger partial charge in [0.05, 0.1) is 0 Å². The SMILES string of the molecule is O=C1CC2(CCN(Cc3ccc(F)c(CBr)c3)CC2)Nc2ccc(F)cc21. The Bertz CT molecular complexity index is 878. The molecule has 0 bridgehead atoms. The average molecular weight is 435 g/mol. The van der Waals surface area contributed by atoms with Crippen LogP contribution in [0.2, 0.25) is 0 Å². The molecule has 4 rings (SSSR count). The molecule has 1 saturated heterocycles. The molecular weight excluding hydrogens is 414 g/mol. The molecule has 1 fully saturated rings. The molecule has 142 valence electrons. The van der Waals surface area contributed by atoms with Crippen LogP contribution in [0.3, 0.4) is 0 Å². The number of Topliss-reactive ketones (excluding diaryl/α,β-unsaturated/α-hetero) is 1. The molecule has 0 aliphatic carbocycles. The van der Waals surface area contributed by atoms with Gasteiger partial charge in [0, 0.05) is 48.2 Å². The van der Waals surface area contributed by atoms with Crippen molar-refractivity contribution < 1.29 is 13.6 Å². The second-order valence-corrected chi connectivity index (χ2v) is 8.09. The monoisotopic (exact) mass is 434 g/mol. The van der Waals surface area contributed by atoms with Gasteiger partial charge >= 0.3 is 0 Å². The maximum atomic E-state index is 13.7. The molecule has 0 amide bonds. The summed E-state index contributed by atoms with van der Waals surface area (Å²) in [5.41, 5.74) is 2.71. The van der Waals surface area contributed by atoms with Gasteiger partial charge in [-0.1, -0.05) is 28.1 Å². The van der Waals surface area contributed by atoms with E-state index >= 15 is 0 Å². The summed E-state index contributed by atoms with van der Waals surface area (Å²) in [5.74, 6) is -0.553. The molecule has 0 radical (unpaired) electrons. The number of hydrogen-bond acceptors (Lipinski definition) is 3. The number of benzene rings is 2. The van der Waals surface area contributed by atoms with Gasteiger partial charge in [-0.05, 0) is 48.2 Å². The predicted octanol–water partition coefficient (Wildman–Crippen LogP) is 4.89. The Kier molecular flexibility index (Phi) is 5.03. The fourth-order valence-electron chi connectivity index (χ4n) is 4.12. The third kappa shape index (κ3) is 3.78. The van der Waals surface area contributed by atoms with Crippen molar-refractivity contribution in [3.63, 3.8) is 0 Å². The highest BCUT2D eigenvalue weighted by Gasteiger charge is 2.40. The molecular formula is C21H21BrF2N2O. The molecule has 6 heteroatoms. The second-order valence-electron chi connectivity index (χ2n) is 7.53. The fraction of sp³-hybridized carbons (Fsp3) is 0.381. The summed E-state index contributed by atoms with van der Waals surface area (Å²) in [6, 6.07) is 9.64. The topological polar surface area (TPSA) is 32.3 Å². The number of halogens is 3. The summed E-state index contributed by atoms with van der Waals surface area (Å²) in [6.07, 6.45) is 2.10. The Morgan fingerprint density at radius 1 is 1.11 bits per heavy atom. The van der Waals surface area contributed by atoms with Crippen molar-refractivity contribution in [1.29, 1.82) is 0 Å². The minimum absolute atomic E-state index is 0.0113. The lowest BCUT2D eigenvalue weighted by Gasteiger charge is -2.45. The van der Waals surface area contributed by atoms with E-state index in [0.29, 0.717) is 22.9 Å². The van der Waals surface area contributed by atoms with Crippen LogP contribution in [0.1, 0.15) is 40.7 Å². The van der Waals surface area contributed by atoms with Gasteiger partial charge in [-0.25, -0.2) is 8.78 Å². The molecule has 2 aromatic carbocycles. The molecule has 2 heterocycles. The Labute approximate surface area is 165 Å². The van der Waals surface area contributed by atoms with Crippen molar-refractivity contribution in [2.24, 2.45) is 0 Å². The first-order chi connectivity index (χ1) is 13.0. The molecule has 0 atom stereocenters. The van der Waals surface area contributed by atoms with Crippen molar-refractivity contribution in [2.45, 2.75) is 36.7 Å². The number of nitrogens with one attached hydrogen (secondary N) is 1. The van der Waals surface area contributed by atoms with Crippen LogP contribution in [0.4, 0.5) is 14.5 Å². The van der Waals surface area contributed by atoms with Crippen molar-refractivity contribution in [1.82, 2.24) is 4.90 Å². The predicted molar refractivity (Wildman–Crippen MR) is 105 cm³/mol. The van der Waals surface area contributed by atoms with E-state index in [2.05, 4.69) is 26.1 Å². The molecule has 1 N–H and O–H groups in total. The van der Waals surface area contributed by atoms with Crippen LogP contribution in [0.25, 0.3) is 0 Å². The number of anilines is 1. The van der Waals surface area contributed by atoms with Crippen LogP contribution in [0.15, 0.2) is 36.4 Å². The molecule has 0 unspecified atom stereocenters. The van der Waals surface area contributed by atoms with Gasteiger partial charge in [-0.15, -0.1) is 0 Å². The maximum Gasteiger partial charge on any atom is 0.167 e. The molecule has 0 aromatic heterocycles. The van der Waals surface area contributed by atoms with E-state index in [1.165, 1.54) is 18.2 Å². The summed E-state index contributed by atoms with van der Waals surface area (Å²) in [7, 11) is 0. The standard InChI is InChI=1S/C21H21BrF2N2O/c22-12-15-9-14(1-3-18(15)24)13-26-7-5-21(6-8-26)11-20(27)17-10-16(23)2-4-19(17)25-21/h1-4,9-10,25H,5-8,11-13H2. The normalized spacial score (nSPS) is 19.0. The van der Waals surface area contributed by atoms with E-state index in [-0.39, 0.29) is 23.0 Å². The van der Waals surface area contributed by atoms with Gasteiger partial charge in [0.25, 0.3) is 0 Å². The lowest BCUT2D eigenvalue weighted by atomic mass is 9.78. The Balaban J connectivity index is 1.43. The van der Waals surface area contributed by atoms with Crippen LogP contribution in [0.5, 0.6) is 0 Å². The lowest BCUT2D eigenvalue weighted by Crippen LogP contribution is -2.52. The van der Waals surface area contributed by atoms with Crippen molar-refractivity contribution in [3.8, 4) is 0 Å². The largest absolute Gasteiger partial charge is 0.378 e. The van der Waals surface area contributed by atoms with E-state index in [1.807, 2.05) is 12.1 Å². The molecule has 2 aliphatic rings. The van der Waals surface area contributed by atoms with E-state index < -0.39 is 0 Å². The minimum Gasteiger partial charge on any atom is -0.378 e. The third-order valence-electron chi connectivity index (χ3n) is 5.65. The summed E-state index contributed by atoms with van der Waals surface area (Å²) >= 11 is 3.32. The van der Waals surface area contributed by atoms with E-state index in [4.69, 9.17) is 0 Å². The summed E-state index contributed by atoms with van der Waals surface area (Å²) in [6.45, 7) is 2.49. The van der Waals surface area contributed by atoms with Crippen molar-refractivity contribution >= 4 is 27.4 Å². The van der Waals surface area contributed by atoms with Crippen molar-refractivity contribution in [2.75, 3.05) is 18.4 Å². The van der Waals surface area contributed by atoms with Gasteiger partial charge in [-0.2, -0.15) is 0 Å². The average Bonchev–Trinajstić information content (AvgIpc) is 2.66. The Morgan fingerprint density at radius 2 is 1.89 bits per heavy atom. The number of fused-ring (bicyclic) bond motifs is 1. The number of rotatable bonds is 3. The lowest BCUT2D eigenvalue weighted by molar-refractivity contribution is 0.0898. The fourth-order valence-corrected chi connectivity index (χ4v) is 4.55. The first-order valence-electron chi connectivity index (χ1n) is 9.15. The Hall–Kier alpha value is -1.79.